The Bertz CT molecular complexity index is 929. The van der Waals surface area contributed by atoms with Gasteiger partial charge < -0.3 is 4.74 Å². The fraction of sp³-hybridized carbons (Fsp3) is 0.250. The summed E-state index contributed by atoms with van der Waals surface area (Å²) >= 11 is 5.74. The number of hydrogen-bond donors (Lipinski definition) is 0. The Morgan fingerprint density at radius 1 is 1.23 bits per heavy atom. The first-order valence-corrected chi connectivity index (χ1v) is 9.23. The van der Waals surface area contributed by atoms with Crippen molar-refractivity contribution in [2.75, 3.05) is 12.4 Å². The summed E-state index contributed by atoms with van der Waals surface area (Å²) in [5, 5.41) is -0.417. The predicted octanol–water partition coefficient (Wildman–Crippen LogP) is 3.69. The van der Waals surface area contributed by atoms with Crippen LogP contribution in [0.5, 0.6) is 0 Å². The summed E-state index contributed by atoms with van der Waals surface area (Å²) in [5.41, 5.74) is -1.07. The highest BCUT2D eigenvalue weighted by Crippen LogP contribution is 2.30. The van der Waals surface area contributed by atoms with Gasteiger partial charge in [-0.05, 0) is 37.3 Å². The number of nitrogens with zero attached hydrogens (tertiary/aromatic N) is 1. The molecule has 0 atom stereocenters. The molecule has 1 aromatic heterocycles. The molecule has 5 nitrogen and oxygen atoms in total. The molecular formula is C16H13ClF3NO4S. The van der Waals surface area contributed by atoms with Gasteiger partial charge in [-0.1, -0.05) is 17.7 Å². The number of carbonyl (C=O) groups is 1. The molecule has 0 saturated carbocycles. The summed E-state index contributed by atoms with van der Waals surface area (Å²) < 4.78 is 67.7. The molecule has 1 heterocycles. The van der Waals surface area contributed by atoms with E-state index in [1.807, 2.05) is 0 Å². The molecule has 0 unspecified atom stereocenters. The topological polar surface area (TPSA) is 73.3 Å². The standard InChI is InChI=1S/C16H13ClF3NO4S/c1-10-7-12(16(18,19)20)9-14(21-10)26(23,24)6-5-25-15(22)11-3-2-4-13(17)8-11/h2-4,7-9H,5-6H2,1H3. The first-order chi connectivity index (χ1) is 12.0. The SMILES string of the molecule is Cc1cc(C(F)(F)F)cc(S(=O)(=O)CCOC(=O)c2cccc(Cl)c2)n1. The fourth-order valence-corrected chi connectivity index (χ4v) is 3.30. The van der Waals surface area contributed by atoms with Crippen molar-refractivity contribution in [1.29, 1.82) is 0 Å². The zero-order valence-corrected chi connectivity index (χ0v) is 15.0. The molecule has 2 aromatic rings. The van der Waals surface area contributed by atoms with Crippen molar-refractivity contribution in [3.8, 4) is 0 Å². The van der Waals surface area contributed by atoms with Crippen LogP contribution in [0.25, 0.3) is 0 Å². The number of esters is 1. The van der Waals surface area contributed by atoms with Crippen LogP contribution in [0.15, 0.2) is 41.4 Å². The lowest BCUT2D eigenvalue weighted by Gasteiger charge is -2.11. The Balaban J connectivity index is 2.10. The normalized spacial score (nSPS) is 12.0. The second kappa shape index (κ2) is 7.63. The number of sulfone groups is 1. The molecule has 0 fully saturated rings. The molecule has 0 saturated heterocycles. The molecule has 0 bridgehead atoms. The van der Waals surface area contributed by atoms with E-state index in [0.29, 0.717) is 11.1 Å². The fourth-order valence-electron chi connectivity index (χ4n) is 2.01. The summed E-state index contributed by atoms with van der Waals surface area (Å²) in [6, 6.07) is 7.05. The minimum Gasteiger partial charge on any atom is -0.461 e. The molecule has 0 amide bonds. The molecule has 0 aliphatic carbocycles. The first kappa shape index (κ1) is 20.2. The van der Waals surface area contributed by atoms with Gasteiger partial charge in [-0.2, -0.15) is 13.2 Å². The summed E-state index contributed by atoms with van der Waals surface area (Å²) in [6.07, 6.45) is -4.70. The van der Waals surface area contributed by atoms with E-state index in [1.54, 1.807) is 6.07 Å². The second-order valence-corrected chi connectivity index (χ2v) is 7.79. The Kier molecular flexibility index (Phi) is 5.92. The van der Waals surface area contributed by atoms with E-state index in [1.165, 1.54) is 25.1 Å². The van der Waals surface area contributed by atoms with Gasteiger partial charge in [0.25, 0.3) is 0 Å². The highest BCUT2D eigenvalue weighted by atomic mass is 35.5. The molecular weight excluding hydrogens is 395 g/mol. The van der Waals surface area contributed by atoms with Crippen LogP contribution >= 0.6 is 11.6 Å². The van der Waals surface area contributed by atoms with Gasteiger partial charge in [0.05, 0.1) is 16.9 Å². The molecule has 0 spiro atoms. The molecule has 26 heavy (non-hydrogen) atoms. The van der Waals surface area contributed by atoms with Crippen LogP contribution in [0.3, 0.4) is 0 Å². The van der Waals surface area contributed by atoms with Gasteiger partial charge in [0.1, 0.15) is 6.61 Å². The predicted molar refractivity (Wildman–Crippen MR) is 87.8 cm³/mol. The molecule has 0 radical (unpaired) electrons. The number of aryl methyl sites for hydroxylation is 1. The van der Waals surface area contributed by atoms with Crippen LogP contribution in [0, 0.1) is 6.92 Å². The van der Waals surface area contributed by atoms with Crippen LogP contribution in [0.1, 0.15) is 21.6 Å². The van der Waals surface area contributed by atoms with Gasteiger partial charge >= 0.3 is 12.1 Å². The number of pyridine rings is 1. The molecule has 2 rings (SSSR count). The zero-order valence-electron chi connectivity index (χ0n) is 13.4. The largest absolute Gasteiger partial charge is 0.461 e. The molecule has 1 aromatic carbocycles. The monoisotopic (exact) mass is 407 g/mol. The van der Waals surface area contributed by atoms with Gasteiger partial charge in [0.15, 0.2) is 14.9 Å². The maximum Gasteiger partial charge on any atom is 0.416 e. The molecule has 140 valence electrons. The van der Waals surface area contributed by atoms with Crippen molar-refractivity contribution in [2.24, 2.45) is 0 Å². The van der Waals surface area contributed by atoms with Crippen molar-refractivity contribution in [3.05, 3.63) is 58.2 Å². The van der Waals surface area contributed by atoms with E-state index in [-0.39, 0.29) is 11.3 Å². The minimum atomic E-state index is -4.70. The van der Waals surface area contributed by atoms with Crippen molar-refractivity contribution in [3.63, 3.8) is 0 Å². The molecule has 10 heteroatoms. The third-order valence-corrected chi connectivity index (χ3v) is 5.01. The number of ether oxygens (including phenoxy) is 1. The van der Waals surface area contributed by atoms with Crippen LogP contribution in [0.2, 0.25) is 5.02 Å². The van der Waals surface area contributed by atoms with Crippen molar-refractivity contribution >= 4 is 27.4 Å². The van der Waals surface area contributed by atoms with Crippen molar-refractivity contribution < 1.29 is 31.1 Å². The van der Waals surface area contributed by atoms with E-state index in [4.69, 9.17) is 16.3 Å². The number of halogens is 4. The van der Waals surface area contributed by atoms with Crippen LogP contribution in [0.4, 0.5) is 13.2 Å². The molecule has 0 N–H and O–H groups in total. The van der Waals surface area contributed by atoms with Gasteiger partial charge in [-0.25, -0.2) is 18.2 Å². The smallest absolute Gasteiger partial charge is 0.416 e. The third kappa shape index (κ3) is 5.18. The van der Waals surface area contributed by atoms with E-state index >= 15 is 0 Å². The van der Waals surface area contributed by atoms with E-state index < -0.39 is 44.9 Å². The number of carbonyl (C=O) groups excluding carboxylic acids is 1. The van der Waals surface area contributed by atoms with Gasteiger partial charge in [-0.3, -0.25) is 0 Å². The van der Waals surface area contributed by atoms with Gasteiger partial charge in [0, 0.05) is 10.7 Å². The summed E-state index contributed by atoms with van der Waals surface area (Å²) in [7, 11) is -4.17. The number of alkyl halides is 3. The average Bonchev–Trinajstić information content (AvgIpc) is 2.53. The first-order valence-electron chi connectivity index (χ1n) is 7.20. The number of aromatic nitrogens is 1. The lowest BCUT2D eigenvalue weighted by Crippen LogP contribution is -2.18. The van der Waals surface area contributed by atoms with Crippen molar-refractivity contribution in [1.82, 2.24) is 4.98 Å². The quantitative estimate of drug-likeness (QED) is 0.707. The molecule has 0 aliphatic heterocycles. The number of benzene rings is 1. The second-order valence-electron chi connectivity index (χ2n) is 5.30. The summed E-state index contributed by atoms with van der Waals surface area (Å²) in [6.45, 7) is 0.720. The van der Waals surface area contributed by atoms with Crippen LogP contribution in [-0.2, 0) is 20.8 Å². The lowest BCUT2D eigenvalue weighted by atomic mass is 10.2. The van der Waals surface area contributed by atoms with Crippen LogP contribution < -0.4 is 0 Å². The lowest BCUT2D eigenvalue weighted by molar-refractivity contribution is -0.137. The third-order valence-electron chi connectivity index (χ3n) is 3.22. The molecule has 0 aliphatic rings. The Morgan fingerprint density at radius 3 is 2.54 bits per heavy atom. The van der Waals surface area contributed by atoms with Crippen molar-refractivity contribution in [2.45, 2.75) is 18.1 Å². The maximum atomic E-state index is 12.8. The Labute approximate surface area is 152 Å². The Hall–Kier alpha value is -2.13. The highest BCUT2D eigenvalue weighted by molar-refractivity contribution is 7.91. The average molecular weight is 408 g/mol. The zero-order chi connectivity index (χ0) is 19.5. The van der Waals surface area contributed by atoms with Crippen LogP contribution in [-0.4, -0.2) is 31.7 Å². The van der Waals surface area contributed by atoms with E-state index in [0.717, 1.165) is 6.07 Å². The maximum absolute atomic E-state index is 12.8. The summed E-state index contributed by atoms with van der Waals surface area (Å²) in [5.74, 6) is -1.50. The van der Waals surface area contributed by atoms with Gasteiger partial charge in [0.2, 0.25) is 0 Å². The highest BCUT2D eigenvalue weighted by Gasteiger charge is 2.33. The Morgan fingerprint density at radius 2 is 1.92 bits per heavy atom. The van der Waals surface area contributed by atoms with E-state index in [9.17, 15) is 26.4 Å². The van der Waals surface area contributed by atoms with Gasteiger partial charge in [-0.15, -0.1) is 0 Å². The number of hydrogen-bond acceptors (Lipinski definition) is 5. The number of rotatable bonds is 5. The minimum absolute atomic E-state index is 0.0886. The summed E-state index contributed by atoms with van der Waals surface area (Å²) in [4.78, 5) is 15.5. The van der Waals surface area contributed by atoms with E-state index in [2.05, 4.69) is 4.98 Å².